The number of rotatable bonds is 12. The minimum Gasteiger partial charge on any atom is -0.480 e. The highest BCUT2D eigenvalue weighted by molar-refractivity contribution is 7.98. The molecular formula is C17H22FN3O6S. The lowest BCUT2D eigenvalue weighted by Crippen LogP contribution is -2.49. The average Bonchev–Trinajstić information content (AvgIpc) is 2.64. The maximum atomic E-state index is 13.6. The predicted molar refractivity (Wildman–Crippen MR) is 100.0 cm³/mol. The van der Waals surface area contributed by atoms with Gasteiger partial charge in [-0.25, -0.2) is 4.39 Å². The second-order valence-electron chi connectivity index (χ2n) is 5.82. The molecule has 0 aromatic heterocycles. The Morgan fingerprint density at radius 2 is 1.86 bits per heavy atom. The lowest BCUT2D eigenvalue weighted by atomic mass is 10.1. The molecule has 0 bridgehead atoms. The largest absolute Gasteiger partial charge is 0.480 e. The number of halogens is 1. The fourth-order valence-electron chi connectivity index (χ4n) is 2.05. The van der Waals surface area contributed by atoms with Gasteiger partial charge in [0.2, 0.25) is 11.8 Å². The van der Waals surface area contributed by atoms with E-state index < -0.39 is 48.2 Å². The van der Waals surface area contributed by atoms with Crippen LogP contribution in [0.4, 0.5) is 4.39 Å². The minimum atomic E-state index is -1.25. The number of hydrogen-bond acceptors (Lipinski definition) is 6. The molecule has 0 fully saturated rings. The molecule has 9 nitrogen and oxygen atoms in total. The van der Waals surface area contributed by atoms with Gasteiger partial charge in [0.25, 0.3) is 0 Å². The molecule has 2 amide bonds. The molecule has 0 saturated heterocycles. The van der Waals surface area contributed by atoms with Crippen molar-refractivity contribution < 1.29 is 33.8 Å². The number of hydrogen-bond donors (Lipinski definition) is 5. The molecule has 0 aliphatic heterocycles. The van der Waals surface area contributed by atoms with Crippen LogP contribution in [0.25, 0.3) is 0 Å². The van der Waals surface area contributed by atoms with Crippen molar-refractivity contribution in [1.29, 1.82) is 0 Å². The summed E-state index contributed by atoms with van der Waals surface area (Å²) in [6.07, 6.45) is -0.332. The van der Waals surface area contributed by atoms with Crippen LogP contribution in [-0.2, 0) is 24.9 Å². The van der Waals surface area contributed by atoms with Gasteiger partial charge in [-0.2, -0.15) is 11.8 Å². The zero-order valence-corrected chi connectivity index (χ0v) is 15.7. The van der Waals surface area contributed by atoms with Gasteiger partial charge in [0, 0.05) is 17.9 Å². The Kier molecular flexibility index (Phi) is 9.96. The number of carboxylic acid groups (broad SMARTS) is 2. The van der Waals surface area contributed by atoms with E-state index in [1.807, 2.05) is 0 Å². The van der Waals surface area contributed by atoms with Gasteiger partial charge >= 0.3 is 11.9 Å². The molecule has 0 heterocycles. The fourth-order valence-corrected chi connectivity index (χ4v) is 3.09. The Morgan fingerprint density at radius 1 is 1.18 bits per heavy atom. The number of benzene rings is 1. The van der Waals surface area contributed by atoms with Gasteiger partial charge in [0.15, 0.2) is 0 Å². The smallest absolute Gasteiger partial charge is 0.322 e. The van der Waals surface area contributed by atoms with E-state index in [2.05, 4.69) is 10.6 Å². The number of thioether (sulfide) groups is 1. The summed E-state index contributed by atoms with van der Waals surface area (Å²) in [6.45, 7) is -0.618. The van der Waals surface area contributed by atoms with Crippen LogP contribution in [0, 0.1) is 5.82 Å². The highest BCUT2D eigenvalue weighted by Gasteiger charge is 2.22. The van der Waals surface area contributed by atoms with Gasteiger partial charge in [-0.15, -0.1) is 0 Å². The zero-order chi connectivity index (χ0) is 21.1. The van der Waals surface area contributed by atoms with Crippen LogP contribution in [0.1, 0.15) is 18.4 Å². The molecule has 0 aliphatic rings. The predicted octanol–water partition coefficient (Wildman–Crippen LogP) is -0.0634. The molecule has 0 spiro atoms. The third-order valence-electron chi connectivity index (χ3n) is 3.57. The van der Waals surface area contributed by atoms with Crippen molar-refractivity contribution in [3.63, 3.8) is 0 Å². The summed E-state index contributed by atoms with van der Waals surface area (Å²) in [6, 6.07) is 3.84. The SMILES string of the molecule is N[C@@H](CCC(=O)N[C@@H](CSCc1ccccc1F)C(=O)NCC(=O)O)C(=O)O. The minimum absolute atomic E-state index is 0.0660. The summed E-state index contributed by atoms with van der Waals surface area (Å²) >= 11 is 1.18. The first-order chi connectivity index (χ1) is 13.2. The number of carbonyl (C=O) groups is 4. The van der Waals surface area contributed by atoms with Crippen LogP contribution in [0.5, 0.6) is 0 Å². The first kappa shape index (κ1) is 23.4. The second kappa shape index (κ2) is 11.9. The fraction of sp³-hybridized carbons (Fsp3) is 0.412. The molecule has 0 saturated carbocycles. The van der Waals surface area contributed by atoms with Crippen LogP contribution in [0.2, 0.25) is 0 Å². The average molecular weight is 415 g/mol. The number of carbonyl (C=O) groups excluding carboxylic acids is 2. The molecule has 154 valence electrons. The van der Waals surface area contributed by atoms with Crippen LogP contribution in [0.3, 0.4) is 0 Å². The third-order valence-corrected chi connectivity index (χ3v) is 4.65. The van der Waals surface area contributed by atoms with Crippen molar-refractivity contribution in [1.82, 2.24) is 10.6 Å². The van der Waals surface area contributed by atoms with E-state index in [1.165, 1.54) is 17.8 Å². The van der Waals surface area contributed by atoms with Crippen molar-refractivity contribution in [2.45, 2.75) is 30.7 Å². The number of amides is 2. The number of nitrogens with one attached hydrogen (secondary N) is 2. The summed E-state index contributed by atoms with van der Waals surface area (Å²) in [5.74, 6) is -3.88. The van der Waals surface area contributed by atoms with Gasteiger partial charge in [-0.05, 0) is 18.1 Å². The Hall–Kier alpha value is -2.66. The van der Waals surface area contributed by atoms with Gasteiger partial charge in [-0.1, -0.05) is 18.2 Å². The maximum Gasteiger partial charge on any atom is 0.322 e. The number of carboxylic acids is 2. The van der Waals surface area contributed by atoms with Gasteiger partial charge in [-0.3, -0.25) is 19.2 Å². The summed E-state index contributed by atoms with van der Waals surface area (Å²) in [4.78, 5) is 45.4. The van der Waals surface area contributed by atoms with E-state index >= 15 is 0 Å². The second-order valence-corrected chi connectivity index (χ2v) is 6.85. The summed E-state index contributed by atoms with van der Waals surface area (Å²) < 4.78 is 13.6. The third kappa shape index (κ3) is 8.82. The zero-order valence-electron chi connectivity index (χ0n) is 14.9. The van der Waals surface area contributed by atoms with E-state index in [-0.39, 0.29) is 24.3 Å². The Bertz CT molecular complexity index is 718. The molecule has 0 aliphatic carbocycles. The highest BCUT2D eigenvalue weighted by Crippen LogP contribution is 2.16. The van der Waals surface area contributed by atoms with E-state index in [1.54, 1.807) is 18.2 Å². The molecule has 11 heteroatoms. The van der Waals surface area contributed by atoms with Crippen molar-refractivity contribution >= 4 is 35.5 Å². The molecule has 28 heavy (non-hydrogen) atoms. The van der Waals surface area contributed by atoms with Crippen molar-refractivity contribution in [2.75, 3.05) is 12.3 Å². The monoisotopic (exact) mass is 415 g/mol. The Balaban J connectivity index is 2.63. The van der Waals surface area contributed by atoms with Crippen LogP contribution >= 0.6 is 11.8 Å². The number of nitrogens with two attached hydrogens (primary N) is 1. The first-order valence-electron chi connectivity index (χ1n) is 8.29. The van der Waals surface area contributed by atoms with Gasteiger partial charge in [0.1, 0.15) is 24.4 Å². The van der Waals surface area contributed by atoms with E-state index in [4.69, 9.17) is 15.9 Å². The molecule has 0 radical (unpaired) electrons. The summed E-state index contributed by atoms with van der Waals surface area (Å²) in [7, 11) is 0. The number of aliphatic carboxylic acids is 2. The van der Waals surface area contributed by atoms with E-state index in [0.717, 1.165) is 0 Å². The molecule has 1 aromatic carbocycles. The Morgan fingerprint density at radius 3 is 2.46 bits per heavy atom. The molecule has 6 N–H and O–H groups in total. The molecule has 2 atom stereocenters. The molecule has 0 unspecified atom stereocenters. The lowest BCUT2D eigenvalue weighted by molar-refractivity contribution is -0.139. The summed E-state index contributed by atoms with van der Waals surface area (Å²) in [5.41, 5.74) is 5.76. The van der Waals surface area contributed by atoms with Gasteiger partial charge < -0.3 is 26.6 Å². The van der Waals surface area contributed by atoms with E-state index in [0.29, 0.717) is 5.56 Å². The topological polar surface area (TPSA) is 159 Å². The van der Waals surface area contributed by atoms with Crippen molar-refractivity contribution in [3.8, 4) is 0 Å². The maximum absolute atomic E-state index is 13.6. The lowest BCUT2D eigenvalue weighted by Gasteiger charge is -2.18. The first-order valence-corrected chi connectivity index (χ1v) is 9.44. The highest BCUT2D eigenvalue weighted by atomic mass is 32.2. The standard InChI is InChI=1S/C17H22FN3O6S/c18-11-4-2-1-3-10(11)8-28-9-13(16(25)20-7-15(23)24)21-14(22)6-5-12(19)17(26)27/h1-4,12-13H,5-9,19H2,(H,20,25)(H,21,22)(H,23,24)(H,26,27)/t12-,13-/m0/s1. The van der Waals surface area contributed by atoms with Gasteiger partial charge in [0.05, 0.1) is 0 Å². The van der Waals surface area contributed by atoms with Crippen LogP contribution in [-0.4, -0.2) is 58.3 Å². The quantitative estimate of drug-likeness (QED) is 0.317. The summed E-state index contributed by atoms with van der Waals surface area (Å²) in [5, 5.41) is 22.0. The molecule has 1 rings (SSSR count). The van der Waals surface area contributed by atoms with Crippen molar-refractivity contribution in [2.24, 2.45) is 5.73 Å². The van der Waals surface area contributed by atoms with E-state index in [9.17, 15) is 23.6 Å². The molecular weight excluding hydrogens is 393 g/mol. The van der Waals surface area contributed by atoms with Crippen LogP contribution in [0.15, 0.2) is 24.3 Å². The van der Waals surface area contributed by atoms with Crippen molar-refractivity contribution in [3.05, 3.63) is 35.6 Å². The normalized spacial score (nSPS) is 12.6. The van der Waals surface area contributed by atoms with Crippen LogP contribution < -0.4 is 16.4 Å². The Labute approximate surface area is 164 Å². The molecule has 1 aromatic rings.